The molecule has 0 unspecified atom stereocenters. The van der Waals surface area contributed by atoms with Crippen LogP contribution in [0.1, 0.15) is 5.69 Å². The number of alkyl halides is 3. The van der Waals surface area contributed by atoms with Gasteiger partial charge in [0.25, 0.3) is 5.56 Å². The molecule has 0 aliphatic carbocycles. The summed E-state index contributed by atoms with van der Waals surface area (Å²) in [6.45, 7) is 0. The second-order valence-corrected chi connectivity index (χ2v) is 5.65. The van der Waals surface area contributed by atoms with Crippen molar-refractivity contribution in [2.24, 2.45) is 0 Å². The van der Waals surface area contributed by atoms with Gasteiger partial charge in [0.15, 0.2) is 10.9 Å². The second-order valence-electron chi connectivity index (χ2n) is 4.00. The Morgan fingerprint density at radius 3 is 2.19 bits per heavy atom. The molecule has 3 nitrogen and oxygen atoms in total. The smallest absolute Gasteiger partial charge is 0.269 e. The first kappa shape index (κ1) is 16.0. The Balaban J connectivity index is 2.60. The fourth-order valence-electron chi connectivity index (χ4n) is 1.71. The molecule has 0 bridgehead atoms. The van der Waals surface area contributed by atoms with E-state index < -0.39 is 17.4 Å². The van der Waals surface area contributed by atoms with Gasteiger partial charge in [0.05, 0.1) is 5.69 Å². The van der Waals surface area contributed by atoms with Gasteiger partial charge in [-0.2, -0.15) is 13.2 Å². The predicted octanol–water partition coefficient (Wildman–Crippen LogP) is 3.70. The maximum atomic E-state index is 12.7. The first-order valence-electron chi connectivity index (χ1n) is 5.76. The molecule has 2 aromatic rings. The van der Waals surface area contributed by atoms with Crippen LogP contribution in [0.5, 0.6) is 0 Å². The topological polar surface area (TPSA) is 34.9 Å². The van der Waals surface area contributed by atoms with Gasteiger partial charge in [-0.15, -0.1) is 11.8 Å². The van der Waals surface area contributed by atoms with E-state index in [1.807, 2.05) is 6.26 Å². The molecule has 0 N–H and O–H groups in total. The van der Waals surface area contributed by atoms with Gasteiger partial charge in [-0.05, 0) is 36.8 Å². The van der Waals surface area contributed by atoms with E-state index in [0.717, 1.165) is 16.7 Å². The van der Waals surface area contributed by atoms with E-state index in [2.05, 4.69) is 4.98 Å². The summed E-state index contributed by atoms with van der Waals surface area (Å²) in [4.78, 5) is 16.6. The zero-order valence-corrected chi connectivity index (χ0v) is 12.8. The Kier molecular flexibility index (Phi) is 4.67. The van der Waals surface area contributed by atoms with Crippen LogP contribution in [-0.2, 0) is 6.18 Å². The summed E-state index contributed by atoms with van der Waals surface area (Å²) in [5.41, 5.74) is -1.43. The molecule has 0 radical (unpaired) electrons. The molecule has 8 heteroatoms. The van der Waals surface area contributed by atoms with Gasteiger partial charge in [-0.1, -0.05) is 11.8 Å². The predicted molar refractivity (Wildman–Crippen MR) is 78.4 cm³/mol. The largest absolute Gasteiger partial charge is 0.433 e. The minimum absolute atomic E-state index is 0.00623. The van der Waals surface area contributed by atoms with Crippen LogP contribution in [0, 0.1) is 0 Å². The molecule has 0 saturated heterocycles. The summed E-state index contributed by atoms with van der Waals surface area (Å²) < 4.78 is 39.3. The Morgan fingerprint density at radius 2 is 1.71 bits per heavy atom. The number of thioether (sulfide) groups is 2. The molecule has 21 heavy (non-hydrogen) atoms. The Hall–Kier alpha value is -1.41. The van der Waals surface area contributed by atoms with E-state index in [4.69, 9.17) is 0 Å². The molecule has 1 heterocycles. The van der Waals surface area contributed by atoms with Crippen molar-refractivity contribution < 1.29 is 13.2 Å². The first-order chi connectivity index (χ1) is 9.86. The van der Waals surface area contributed by atoms with Gasteiger partial charge in [0.1, 0.15) is 0 Å². The van der Waals surface area contributed by atoms with Gasteiger partial charge in [-0.3, -0.25) is 9.36 Å². The van der Waals surface area contributed by atoms with E-state index in [-0.39, 0.29) is 5.16 Å². The van der Waals surface area contributed by atoms with Crippen LogP contribution in [0.15, 0.2) is 45.2 Å². The van der Waals surface area contributed by atoms with Crippen LogP contribution < -0.4 is 5.56 Å². The van der Waals surface area contributed by atoms with Crippen molar-refractivity contribution in [2.45, 2.75) is 16.2 Å². The van der Waals surface area contributed by atoms with E-state index >= 15 is 0 Å². The lowest BCUT2D eigenvalue weighted by Crippen LogP contribution is -2.24. The van der Waals surface area contributed by atoms with Gasteiger partial charge in [-0.25, -0.2) is 4.98 Å². The van der Waals surface area contributed by atoms with Crippen LogP contribution >= 0.6 is 23.5 Å². The molecule has 0 aliphatic rings. The highest BCUT2D eigenvalue weighted by Crippen LogP contribution is 2.28. The molecule has 0 atom stereocenters. The van der Waals surface area contributed by atoms with Crippen molar-refractivity contribution >= 4 is 23.5 Å². The summed E-state index contributed by atoms with van der Waals surface area (Å²) in [6.07, 6.45) is -1.14. The number of benzene rings is 1. The number of hydrogen-bond donors (Lipinski definition) is 0. The average molecular weight is 332 g/mol. The molecule has 0 spiro atoms. The lowest BCUT2D eigenvalue weighted by Gasteiger charge is -2.13. The quantitative estimate of drug-likeness (QED) is 0.634. The molecular formula is C13H11F3N2OS2. The van der Waals surface area contributed by atoms with Crippen molar-refractivity contribution in [3.63, 3.8) is 0 Å². The molecule has 1 aromatic carbocycles. The molecular weight excluding hydrogens is 321 g/mol. The summed E-state index contributed by atoms with van der Waals surface area (Å²) >= 11 is 2.53. The number of aromatic nitrogens is 2. The van der Waals surface area contributed by atoms with E-state index in [9.17, 15) is 18.0 Å². The van der Waals surface area contributed by atoms with E-state index in [0.29, 0.717) is 11.8 Å². The molecule has 0 saturated carbocycles. The Labute approximate surface area is 127 Å². The third-order valence-corrected chi connectivity index (χ3v) is 4.07. The van der Waals surface area contributed by atoms with Crippen molar-refractivity contribution in [3.05, 3.63) is 46.4 Å². The van der Waals surface area contributed by atoms with Crippen molar-refractivity contribution in [2.75, 3.05) is 12.5 Å². The van der Waals surface area contributed by atoms with Gasteiger partial charge < -0.3 is 0 Å². The summed E-state index contributed by atoms with van der Waals surface area (Å²) in [7, 11) is 0. The zero-order valence-electron chi connectivity index (χ0n) is 11.1. The number of halogens is 3. The fourth-order valence-corrected chi connectivity index (χ4v) is 2.69. The molecule has 1 aromatic heterocycles. The van der Waals surface area contributed by atoms with Crippen LogP contribution in [0.25, 0.3) is 5.69 Å². The lowest BCUT2D eigenvalue weighted by molar-refractivity contribution is -0.141. The van der Waals surface area contributed by atoms with Crippen LogP contribution in [0.4, 0.5) is 13.2 Å². The molecule has 0 amide bonds. The minimum Gasteiger partial charge on any atom is -0.269 e. The second kappa shape index (κ2) is 6.15. The van der Waals surface area contributed by atoms with Gasteiger partial charge in [0.2, 0.25) is 0 Å². The van der Waals surface area contributed by atoms with Crippen molar-refractivity contribution in [3.8, 4) is 5.69 Å². The zero-order chi connectivity index (χ0) is 15.6. The lowest BCUT2D eigenvalue weighted by atomic mass is 10.3. The number of hydrogen-bond acceptors (Lipinski definition) is 4. The van der Waals surface area contributed by atoms with E-state index in [1.165, 1.54) is 16.3 Å². The first-order valence-corrected chi connectivity index (χ1v) is 8.21. The number of nitrogens with zero attached hydrogens (tertiary/aromatic N) is 2. The highest BCUT2D eigenvalue weighted by atomic mass is 32.2. The molecule has 112 valence electrons. The Bertz CT molecular complexity index is 696. The van der Waals surface area contributed by atoms with Crippen LogP contribution in [0.2, 0.25) is 0 Å². The standard InChI is InChI=1S/C13H11F3N2OS2/c1-20-9-5-3-8(4-6-9)18-11(19)7-10(13(14,15)16)17-12(18)21-2/h3-7H,1-2H3. The fraction of sp³-hybridized carbons (Fsp3) is 0.231. The monoisotopic (exact) mass is 332 g/mol. The normalized spacial score (nSPS) is 11.7. The molecule has 0 aliphatic heterocycles. The van der Waals surface area contributed by atoms with Crippen molar-refractivity contribution in [1.29, 1.82) is 0 Å². The summed E-state index contributed by atoms with van der Waals surface area (Å²) in [6, 6.07) is 7.48. The highest BCUT2D eigenvalue weighted by Gasteiger charge is 2.34. The maximum Gasteiger partial charge on any atom is 0.433 e. The maximum absolute atomic E-state index is 12.7. The molecule has 0 fully saturated rings. The average Bonchev–Trinajstić information content (AvgIpc) is 2.45. The SMILES string of the molecule is CSc1ccc(-n2c(SC)nc(C(F)(F)F)cc2=O)cc1. The van der Waals surface area contributed by atoms with Gasteiger partial charge in [0, 0.05) is 11.0 Å². The minimum atomic E-state index is -4.63. The summed E-state index contributed by atoms with van der Waals surface area (Å²) in [5, 5.41) is 0.00623. The van der Waals surface area contributed by atoms with Crippen molar-refractivity contribution in [1.82, 2.24) is 9.55 Å². The third kappa shape index (κ3) is 3.44. The summed E-state index contributed by atoms with van der Waals surface area (Å²) in [5.74, 6) is 0. The Morgan fingerprint density at radius 1 is 1.10 bits per heavy atom. The number of rotatable bonds is 3. The highest BCUT2D eigenvalue weighted by molar-refractivity contribution is 7.98. The molecule has 2 rings (SSSR count). The van der Waals surface area contributed by atoms with Crippen LogP contribution in [0.3, 0.4) is 0 Å². The van der Waals surface area contributed by atoms with Crippen LogP contribution in [-0.4, -0.2) is 22.1 Å². The van der Waals surface area contributed by atoms with E-state index in [1.54, 1.807) is 30.5 Å². The van der Waals surface area contributed by atoms with Gasteiger partial charge >= 0.3 is 6.18 Å². The third-order valence-electron chi connectivity index (χ3n) is 2.69.